The van der Waals surface area contributed by atoms with E-state index in [2.05, 4.69) is 38.7 Å². The van der Waals surface area contributed by atoms with E-state index < -0.39 is 0 Å². The van der Waals surface area contributed by atoms with Crippen molar-refractivity contribution in [2.45, 2.75) is 6.42 Å². The molecule has 18 heavy (non-hydrogen) atoms. The Labute approximate surface area is 104 Å². The number of anilines is 1. The van der Waals surface area contributed by atoms with Gasteiger partial charge in [0.1, 0.15) is 0 Å². The molecule has 5 nitrogen and oxygen atoms in total. The van der Waals surface area contributed by atoms with E-state index in [1.165, 1.54) is 11.3 Å². The van der Waals surface area contributed by atoms with Crippen LogP contribution in [0.2, 0.25) is 0 Å². The lowest BCUT2D eigenvalue weighted by atomic mass is 10.1. The van der Waals surface area contributed by atoms with E-state index in [1.807, 2.05) is 10.6 Å². The molecule has 1 aliphatic heterocycles. The van der Waals surface area contributed by atoms with Crippen molar-refractivity contribution in [2.24, 2.45) is 0 Å². The second-order valence-corrected chi connectivity index (χ2v) is 4.38. The van der Waals surface area contributed by atoms with Crippen LogP contribution in [0, 0.1) is 0 Å². The Balaban J connectivity index is 1.92. The minimum atomic E-state index is 0.765. The van der Waals surface area contributed by atoms with Gasteiger partial charge in [-0.2, -0.15) is 0 Å². The minimum Gasteiger partial charge on any atom is -0.384 e. The first-order chi connectivity index (χ1) is 8.92. The van der Waals surface area contributed by atoms with E-state index >= 15 is 0 Å². The maximum atomic E-state index is 4.24. The molecule has 1 aliphatic rings. The molecule has 4 rings (SSSR count). The van der Waals surface area contributed by atoms with Crippen molar-refractivity contribution in [3.05, 3.63) is 42.4 Å². The highest BCUT2D eigenvalue weighted by Crippen LogP contribution is 2.28. The molecule has 0 saturated carbocycles. The molecule has 3 aromatic rings. The van der Waals surface area contributed by atoms with Crippen molar-refractivity contribution in [2.75, 3.05) is 11.9 Å². The molecule has 3 heterocycles. The third-order valence-corrected chi connectivity index (χ3v) is 3.29. The van der Waals surface area contributed by atoms with Crippen molar-refractivity contribution < 1.29 is 0 Å². The van der Waals surface area contributed by atoms with Gasteiger partial charge in [0, 0.05) is 30.2 Å². The van der Waals surface area contributed by atoms with E-state index in [-0.39, 0.29) is 0 Å². The lowest BCUT2D eigenvalue weighted by Crippen LogP contribution is -1.92. The predicted octanol–water partition coefficient (Wildman–Crippen LogP) is 1.76. The molecule has 0 bridgehead atoms. The average Bonchev–Trinajstić information content (AvgIpc) is 3.04. The molecule has 0 saturated heterocycles. The van der Waals surface area contributed by atoms with Gasteiger partial charge in [-0.15, -0.1) is 10.2 Å². The minimum absolute atomic E-state index is 0.765. The van der Waals surface area contributed by atoms with Crippen molar-refractivity contribution in [1.29, 1.82) is 0 Å². The van der Waals surface area contributed by atoms with Crippen molar-refractivity contribution >= 4 is 11.3 Å². The maximum Gasteiger partial charge on any atom is 0.179 e. The Morgan fingerprint density at radius 2 is 2.22 bits per heavy atom. The van der Waals surface area contributed by atoms with Gasteiger partial charge in [-0.25, -0.2) is 0 Å². The third kappa shape index (κ3) is 1.30. The first-order valence-corrected chi connectivity index (χ1v) is 5.94. The van der Waals surface area contributed by atoms with Crippen molar-refractivity contribution in [3.8, 4) is 11.4 Å². The topological polar surface area (TPSA) is 55.1 Å². The number of benzene rings is 1. The van der Waals surface area contributed by atoms with Crippen LogP contribution in [0.25, 0.3) is 17.0 Å². The average molecular weight is 237 g/mol. The summed E-state index contributed by atoms with van der Waals surface area (Å²) in [5, 5.41) is 11.7. The normalized spacial score (nSPS) is 13.6. The second kappa shape index (κ2) is 3.53. The predicted molar refractivity (Wildman–Crippen MR) is 68.4 cm³/mol. The van der Waals surface area contributed by atoms with Crippen molar-refractivity contribution in [1.82, 2.24) is 19.6 Å². The summed E-state index contributed by atoms with van der Waals surface area (Å²) in [5.74, 6) is 0.851. The number of fused-ring (bicyclic) bond motifs is 2. The lowest BCUT2D eigenvalue weighted by Gasteiger charge is -2.03. The molecule has 0 aliphatic carbocycles. The zero-order valence-corrected chi connectivity index (χ0v) is 9.67. The number of nitrogens with zero attached hydrogens (tertiary/aromatic N) is 4. The molecule has 88 valence electrons. The quantitative estimate of drug-likeness (QED) is 0.700. The molecule has 1 aromatic carbocycles. The third-order valence-electron chi connectivity index (χ3n) is 3.29. The van der Waals surface area contributed by atoms with Gasteiger partial charge in [0.25, 0.3) is 0 Å². The number of hydrogen-bond donors (Lipinski definition) is 1. The molecular weight excluding hydrogens is 226 g/mol. The fourth-order valence-corrected chi connectivity index (χ4v) is 2.38. The Hall–Kier alpha value is -2.43. The summed E-state index contributed by atoms with van der Waals surface area (Å²) in [5.41, 5.74) is 4.41. The van der Waals surface area contributed by atoms with Crippen LogP contribution in [-0.4, -0.2) is 26.1 Å². The SMILES string of the molecule is c1cn2c(-c3ccc4c(c3)NCC4)nnc2cn1. The van der Waals surface area contributed by atoms with Crippen LogP contribution >= 0.6 is 0 Å². The highest BCUT2D eigenvalue weighted by atomic mass is 15.2. The van der Waals surface area contributed by atoms with Gasteiger partial charge >= 0.3 is 0 Å². The van der Waals surface area contributed by atoms with E-state index in [0.29, 0.717) is 0 Å². The van der Waals surface area contributed by atoms with Gasteiger partial charge in [-0.3, -0.25) is 9.38 Å². The largest absolute Gasteiger partial charge is 0.384 e. The van der Waals surface area contributed by atoms with Gasteiger partial charge in [-0.1, -0.05) is 12.1 Å². The molecular formula is C13H11N5. The van der Waals surface area contributed by atoms with Crippen LogP contribution in [0.15, 0.2) is 36.8 Å². The van der Waals surface area contributed by atoms with Crippen LogP contribution in [0.3, 0.4) is 0 Å². The van der Waals surface area contributed by atoms with E-state index in [9.17, 15) is 0 Å². The van der Waals surface area contributed by atoms with Gasteiger partial charge < -0.3 is 5.32 Å². The Bertz CT molecular complexity index is 731. The van der Waals surface area contributed by atoms with Crippen LogP contribution in [0.4, 0.5) is 5.69 Å². The summed E-state index contributed by atoms with van der Waals surface area (Å²) in [6.45, 7) is 1.02. The monoisotopic (exact) mass is 237 g/mol. The van der Waals surface area contributed by atoms with Gasteiger partial charge in [-0.05, 0) is 18.1 Å². The van der Waals surface area contributed by atoms with Gasteiger partial charge in [0.05, 0.1) is 6.20 Å². The lowest BCUT2D eigenvalue weighted by molar-refractivity contribution is 1.10. The van der Waals surface area contributed by atoms with E-state index in [4.69, 9.17) is 0 Å². The summed E-state index contributed by atoms with van der Waals surface area (Å²) in [4.78, 5) is 4.04. The van der Waals surface area contributed by atoms with E-state index in [1.54, 1.807) is 12.4 Å². The van der Waals surface area contributed by atoms with Gasteiger partial charge in [0.2, 0.25) is 0 Å². The Kier molecular flexibility index (Phi) is 1.88. The highest BCUT2D eigenvalue weighted by molar-refractivity contribution is 5.68. The van der Waals surface area contributed by atoms with Crippen LogP contribution < -0.4 is 5.32 Å². The molecule has 0 unspecified atom stereocenters. The van der Waals surface area contributed by atoms with Crippen LogP contribution in [0.1, 0.15) is 5.56 Å². The summed E-state index contributed by atoms with van der Waals surface area (Å²) in [7, 11) is 0. The number of rotatable bonds is 1. The molecule has 0 spiro atoms. The first kappa shape index (κ1) is 9.58. The van der Waals surface area contributed by atoms with Crippen LogP contribution in [0.5, 0.6) is 0 Å². The summed E-state index contributed by atoms with van der Waals surface area (Å²) in [6.07, 6.45) is 6.43. The molecule has 1 N–H and O–H groups in total. The Morgan fingerprint density at radius 1 is 1.22 bits per heavy atom. The summed E-state index contributed by atoms with van der Waals surface area (Å²) in [6, 6.07) is 6.40. The highest BCUT2D eigenvalue weighted by Gasteiger charge is 2.13. The fourth-order valence-electron chi connectivity index (χ4n) is 2.38. The first-order valence-electron chi connectivity index (χ1n) is 5.94. The number of hydrogen-bond acceptors (Lipinski definition) is 4. The molecule has 0 fully saturated rings. The number of aromatic nitrogens is 4. The summed E-state index contributed by atoms with van der Waals surface area (Å²) >= 11 is 0. The summed E-state index contributed by atoms with van der Waals surface area (Å²) < 4.78 is 1.95. The van der Waals surface area contributed by atoms with E-state index in [0.717, 1.165) is 30.0 Å². The zero-order valence-electron chi connectivity index (χ0n) is 9.67. The maximum absolute atomic E-state index is 4.24. The standard InChI is InChI=1S/C13H11N5/c1-2-10(7-11-9(1)3-4-15-11)13-17-16-12-8-14-5-6-18(12)13/h1-2,5-8,15H,3-4H2. The number of nitrogens with one attached hydrogen (secondary N) is 1. The van der Waals surface area contributed by atoms with Gasteiger partial charge in [0.15, 0.2) is 11.5 Å². The van der Waals surface area contributed by atoms with Crippen molar-refractivity contribution in [3.63, 3.8) is 0 Å². The fraction of sp³-hybridized carbons (Fsp3) is 0.154. The molecule has 2 aromatic heterocycles. The molecule has 0 amide bonds. The molecule has 5 heteroatoms. The smallest absolute Gasteiger partial charge is 0.179 e. The molecule has 0 atom stereocenters. The second-order valence-electron chi connectivity index (χ2n) is 4.38. The Morgan fingerprint density at radius 3 is 3.22 bits per heavy atom. The van der Waals surface area contributed by atoms with Crippen LogP contribution in [-0.2, 0) is 6.42 Å². The zero-order chi connectivity index (χ0) is 11.9. The molecule has 0 radical (unpaired) electrons.